The number of halogens is 1. The number of hydrogen-bond acceptors (Lipinski definition) is 7. The minimum absolute atomic E-state index is 0.0207. The van der Waals surface area contributed by atoms with Crippen molar-refractivity contribution in [1.29, 1.82) is 0 Å². The number of carbonyl (C=O) groups is 1. The summed E-state index contributed by atoms with van der Waals surface area (Å²) < 4.78 is 6.82. The third-order valence-electron chi connectivity index (χ3n) is 4.47. The summed E-state index contributed by atoms with van der Waals surface area (Å²) >= 11 is 7.40. The van der Waals surface area contributed by atoms with Gasteiger partial charge in [-0.25, -0.2) is 0 Å². The highest BCUT2D eigenvalue weighted by Crippen LogP contribution is 2.30. The zero-order valence-corrected chi connectivity index (χ0v) is 18.9. The Kier molecular flexibility index (Phi) is 7.49. The molecule has 0 atom stereocenters. The number of carbonyl (C=O) groups excluding carboxylic acids is 1. The van der Waals surface area contributed by atoms with Gasteiger partial charge >= 0.3 is 0 Å². The molecule has 11 heteroatoms. The van der Waals surface area contributed by atoms with Crippen molar-refractivity contribution in [2.24, 2.45) is 0 Å². The largest absolute Gasteiger partial charge is 0.496 e. The smallest absolute Gasteiger partial charge is 0.296 e. The number of aromatic nitrogens is 3. The van der Waals surface area contributed by atoms with E-state index in [-0.39, 0.29) is 17.1 Å². The molecule has 1 heterocycles. The number of anilines is 1. The van der Waals surface area contributed by atoms with Gasteiger partial charge in [0, 0.05) is 17.1 Å². The summed E-state index contributed by atoms with van der Waals surface area (Å²) in [6.07, 6.45) is 1.70. The lowest BCUT2D eigenvalue weighted by Crippen LogP contribution is -2.15. The van der Waals surface area contributed by atoms with Crippen LogP contribution in [-0.2, 0) is 11.3 Å². The molecule has 0 saturated heterocycles. The Morgan fingerprint density at radius 1 is 1.34 bits per heavy atom. The van der Waals surface area contributed by atoms with Crippen LogP contribution < -0.4 is 10.1 Å². The Hall–Kier alpha value is -3.37. The number of ether oxygens (including phenoxy) is 1. The SMILES string of the molecule is C=CCn1c(SCC(=O)Nc2ccc(OC)cc2[N+](=O)[O-])nnc1-c1ccc(C)c(Cl)c1. The molecule has 0 aliphatic heterocycles. The summed E-state index contributed by atoms with van der Waals surface area (Å²) in [6.45, 7) is 6.11. The number of rotatable bonds is 9. The first-order chi connectivity index (χ1) is 15.3. The van der Waals surface area contributed by atoms with E-state index in [1.165, 1.54) is 25.3 Å². The Morgan fingerprint density at radius 3 is 2.78 bits per heavy atom. The minimum atomic E-state index is -0.578. The van der Waals surface area contributed by atoms with E-state index in [2.05, 4.69) is 22.1 Å². The van der Waals surface area contributed by atoms with Gasteiger partial charge in [0.05, 0.1) is 23.9 Å². The van der Waals surface area contributed by atoms with Crippen molar-refractivity contribution in [3.05, 3.63) is 69.8 Å². The van der Waals surface area contributed by atoms with Gasteiger partial charge in [-0.3, -0.25) is 19.5 Å². The van der Waals surface area contributed by atoms with Crippen molar-refractivity contribution >= 4 is 40.6 Å². The van der Waals surface area contributed by atoms with Gasteiger partial charge in [0.1, 0.15) is 11.4 Å². The fourth-order valence-electron chi connectivity index (χ4n) is 2.85. The quantitative estimate of drug-likeness (QED) is 0.207. The highest BCUT2D eigenvalue weighted by Gasteiger charge is 2.19. The predicted octanol–water partition coefficient (Wildman–Crippen LogP) is 4.74. The highest BCUT2D eigenvalue weighted by molar-refractivity contribution is 7.99. The number of allylic oxidation sites excluding steroid dienone is 1. The first kappa shape index (κ1) is 23.3. The lowest BCUT2D eigenvalue weighted by atomic mass is 10.1. The number of nitrogens with zero attached hydrogens (tertiary/aromatic N) is 4. The third-order valence-corrected chi connectivity index (χ3v) is 5.84. The number of hydrogen-bond donors (Lipinski definition) is 1. The van der Waals surface area contributed by atoms with Crippen LogP contribution in [0.5, 0.6) is 5.75 Å². The van der Waals surface area contributed by atoms with Gasteiger partial charge in [0.15, 0.2) is 11.0 Å². The van der Waals surface area contributed by atoms with Crippen LogP contribution in [-0.4, -0.2) is 38.5 Å². The third kappa shape index (κ3) is 5.27. The van der Waals surface area contributed by atoms with Gasteiger partial charge in [-0.2, -0.15) is 0 Å². The average Bonchev–Trinajstić information content (AvgIpc) is 3.17. The van der Waals surface area contributed by atoms with E-state index >= 15 is 0 Å². The Labute approximate surface area is 193 Å². The molecule has 1 amide bonds. The van der Waals surface area contributed by atoms with Gasteiger partial charge in [0.2, 0.25) is 5.91 Å². The number of thioether (sulfide) groups is 1. The summed E-state index contributed by atoms with van der Waals surface area (Å²) in [5, 5.41) is 23.4. The summed E-state index contributed by atoms with van der Waals surface area (Å²) in [6, 6.07) is 9.82. The summed E-state index contributed by atoms with van der Waals surface area (Å²) in [7, 11) is 1.41. The van der Waals surface area contributed by atoms with Crippen LogP contribution in [0.25, 0.3) is 11.4 Å². The lowest BCUT2D eigenvalue weighted by Gasteiger charge is -2.09. The van der Waals surface area contributed by atoms with Crippen LogP contribution in [0.1, 0.15) is 5.56 Å². The zero-order chi connectivity index (χ0) is 23.3. The van der Waals surface area contributed by atoms with E-state index in [1.807, 2.05) is 29.7 Å². The van der Waals surface area contributed by atoms with Crippen molar-refractivity contribution in [2.75, 3.05) is 18.2 Å². The highest BCUT2D eigenvalue weighted by atomic mass is 35.5. The number of amides is 1. The van der Waals surface area contributed by atoms with E-state index < -0.39 is 10.8 Å². The van der Waals surface area contributed by atoms with Crippen molar-refractivity contribution in [3.63, 3.8) is 0 Å². The first-order valence-corrected chi connectivity index (χ1v) is 10.8. The van der Waals surface area contributed by atoms with Gasteiger partial charge < -0.3 is 10.1 Å². The van der Waals surface area contributed by atoms with E-state index in [0.717, 1.165) is 22.9 Å². The molecule has 0 saturated carbocycles. The lowest BCUT2D eigenvalue weighted by molar-refractivity contribution is -0.384. The van der Waals surface area contributed by atoms with E-state index in [1.54, 1.807) is 6.08 Å². The standard InChI is InChI=1S/C21H20ClN5O4S/c1-4-9-26-20(14-6-5-13(2)16(22)10-14)24-25-21(26)32-12-19(28)23-17-8-7-15(31-3)11-18(17)27(29)30/h4-8,10-11H,1,9,12H2,2-3H3,(H,23,28). The fourth-order valence-corrected chi connectivity index (χ4v) is 3.77. The van der Waals surface area contributed by atoms with Crippen molar-refractivity contribution in [3.8, 4) is 17.1 Å². The first-order valence-electron chi connectivity index (χ1n) is 9.39. The van der Waals surface area contributed by atoms with Crippen LogP contribution in [0.3, 0.4) is 0 Å². The molecule has 3 aromatic rings. The molecule has 32 heavy (non-hydrogen) atoms. The Balaban J connectivity index is 1.76. The number of nitro benzene ring substituents is 1. The average molecular weight is 474 g/mol. The van der Waals surface area contributed by atoms with Crippen LogP contribution >= 0.6 is 23.4 Å². The van der Waals surface area contributed by atoms with Crippen LogP contribution in [0, 0.1) is 17.0 Å². The summed E-state index contributed by atoms with van der Waals surface area (Å²) in [5.41, 5.74) is 1.57. The van der Waals surface area contributed by atoms with Gasteiger partial charge in [-0.1, -0.05) is 41.6 Å². The van der Waals surface area contributed by atoms with Gasteiger partial charge in [-0.05, 0) is 30.7 Å². The zero-order valence-electron chi connectivity index (χ0n) is 17.4. The van der Waals surface area contributed by atoms with Crippen molar-refractivity contribution in [1.82, 2.24) is 14.8 Å². The maximum atomic E-state index is 12.5. The number of nitro groups is 1. The molecule has 1 N–H and O–H groups in total. The van der Waals surface area contributed by atoms with Crippen molar-refractivity contribution < 1.29 is 14.5 Å². The Morgan fingerprint density at radius 2 is 2.12 bits per heavy atom. The molecule has 0 aliphatic rings. The second-order valence-electron chi connectivity index (χ2n) is 6.65. The maximum Gasteiger partial charge on any atom is 0.296 e. The summed E-state index contributed by atoms with van der Waals surface area (Å²) in [4.78, 5) is 23.2. The van der Waals surface area contributed by atoms with E-state index in [9.17, 15) is 14.9 Å². The molecule has 9 nitrogen and oxygen atoms in total. The molecule has 166 valence electrons. The molecule has 0 fully saturated rings. The van der Waals surface area contributed by atoms with Gasteiger partial charge in [0.25, 0.3) is 5.69 Å². The number of nitrogens with one attached hydrogen (secondary N) is 1. The molecule has 3 rings (SSSR count). The molecule has 2 aromatic carbocycles. The second kappa shape index (κ2) is 10.3. The van der Waals surface area contributed by atoms with Crippen LogP contribution in [0.2, 0.25) is 5.02 Å². The molecular weight excluding hydrogens is 454 g/mol. The fraction of sp³-hybridized carbons (Fsp3) is 0.190. The molecule has 1 aromatic heterocycles. The molecule has 0 aliphatic carbocycles. The van der Waals surface area contributed by atoms with E-state index in [0.29, 0.717) is 28.3 Å². The molecule has 0 bridgehead atoms. The van der Waals surface area contributed by atoms with Gasteiger partial charge in [-0.15, -0.1) is 16.8 Å². The topological polar surface area (TPSA) is 112 Å². The second-order valence-corrected chi connectivity index (χ2v) is 8.00. The van der Waals surface area contributed by atoms with Crippen LogP contribution in [0.4, 0.5) is 11.4 Å². The predicted molar refractivity (Wildman–Crippen MR) is 124 cm³/mol. The maximum absolute atomic E-state index is 12.5. The summed E-state index contributed by atoms with van der Waals surface area (Å²) in [5.74, 6) is 0.481. The number of benzene rings is 2. The monoisotopic (exact) mass is 473 g/mol. The molecule has 0 unspecified atom stereocenters. The van der Waals surface area contributed by atoms with Crippen molar-refractivity contribution in [2.45, 2.75) is 18.6 Å². The molecule has 0 spiro atoms. The molecular formula is C21H20ClN5O4S. The van der Waals surface area contributed by atoms with Crippen LogP contribution in [0.15, 0.2) is 54.2 Å². The molecule has 0 radical (unpaired) electrons. The normalized spacial score (nSPS) is 10.6. The number of methoxy groups -OCH3 is 1. The van der Waals surface area contributed by atoms with E-state index in [4.69, 9.17) is 16.3 Å². The Bertz CT molecular complexity index is 1180. The minimum Gasteiger partial charge on any atom is -0.496 e. The number of aryl methyl sites for hydroxylation is 1.